The summed E-state index contributed by atoms with van der Waals surface area (Å²) in [4.78, 5) is 15.5. The third kappa shape index (κ3) is 21.1. The summed E-state index contributed by atoms with van der Waals surface area (Å²) < 4.78 is 0. The van der Waals surface area contributed by atoms with Gasteiger partial charge in [-0.05, 0) is 19.3 Å². The van der Waals surface area contributed by atoms with Gasteiger partial charge >= 0.3 is 0 Å². The minimum atomic E-state index is -0.0960. The van der Waals surface area contributed by atoms with Crippen molar-refractivity contribution in [1.29, 1.82) is 0 Å². The molecule has 0 aromatic carbocycles. The van der Waals surface area contributed by atoms with Crippen molar-refractivity contribution in [1.82, 2.24) is 5.59 Å². The monoisotopic (exact) mass is 394 g/mol. The molecular formula is C24H46N2O2. The smallest absolute Gasteiger partial charge is 0.106 e. The molecule has 0 aromatic heterocycles. The molecule has 4 nitrogen and oxygen atoms in total. The van der Waals surface area contributed by atoms with Gasteiger partial charge in [0.25, 0.3) is 0 Å². The first-order valence-electron chi connectivity index (χ1n) is 11.9. The minimum absolute atomic E-state index is 0.0960. The van der Waals surface area contributed by atoms with Crippen LogP contribution in [0.4, 0.5) is 0 Å². The maximum Gasteiger partial charge on any atom is 0.106 e. The number of nitroso groups, excluding NO2 is 1. The van der Waals surface area contributed by atoms with E-state index in [2.05, 4.69) is 36.9 Å². The van der Waals surface area contributed by atoms with Gasteiger partial charge in [-0.2, -0.15) is 0 Å². The molecule has 0 aliphatic carbocycles. The molecule has 0 saturated carbocycles. The van der Waals surface area contributed by atoms with E-state index in [1.54, 1.807) is 0 Å². The largest absolute Gasteiger partial charge is 0.249 e. The third-order valence-electron chi connectivity index (χ3n) is 5.13. The number of unbranched alkanes of at least 4 members (excludes halogenated alkanes) is 14. The highest BCUT2D eigenvalue weighted by molar-refractivity contribution is 5.05. The van der Waals surface area contributed by atoms with Gasteiger partial charge in [-0.3, -0.25) is 0 Å². The summed E-state index contributed by atoms with van der Waals surface area (Å²) in [5.74, 6) is 0. The minimum Gasteiger partial charge on any atom is -0.249 e. The van der Waals surface area contributed by atoms with E-state index >= 15 is 0 Å². The lowest BCUT2D eigenvalue weighted by Gasteiger charge is -2.10. The molecule has 1 atom stereocenters. The van der Waals surface area contributed by atoms with Gasteiger partial charge in [-0.1, -0.05) is 128 Å². The summed E-state index contributed by atoms with van der Waals surface area (Å²) in [6.45, 7) is 4.49. The Morgan fingerprint density at radius 2 is 1.29 bits per heavy atom. The van der Waals surface area contributed by atoms with E-state index < -0.39 is 0 Å². The van der Waals surface area contributed by atoms with Crippen molar-refractivity contribution in [3.05, 3.63) is 29.2 Å². The van der Waals surface area contributed by atoms with Crippen LogP contribution in [0.1, 0.15) is 123 Å². The fourth-order valence-electron chi connectivity index (χ4n) is 3.35. The van der Waals surface area contributed by atoms with Gasteiger partial charge in [0.1, 0.15) is 6.10 Å². The van der Waals surface area contributed by atoms with Gasteiger partial charge in [0, 0.05) is 0 Å². The number of rotatable bonds is 22. The predicted molar refractivity (Wildman–Crippen MR) is 122 cm³/mol. The molecular weight excluding hydrogens is 348 g/mol. The van der Waals surface area contributed by atoms with Crippen LogP contribution in [-0.4, -0.2) is 6.10 Å². The molecule has 0 aromatic rings. The van der Waals surface area contributed by atoms with Gasteiger partial charge in [0.2, 0.25) is 0 Å². The topological polar surface area (TPSA) is 50.7 Å². The first kappa shape index (κ1) is 26.8. The van der Waals surface area contributed by atoms with Crippen LogP contribution < -0.4 is 5.59 Å². The molecule has 0 heterocycles. The summed E-state index contributed by atoms with van der Waals surface area (Å²) in [6.07, 6.45) is 30.2. The maximum absolute atomic E-state index is 10.2. The molecule has 4 heteroatoms. The van der Waals surface area contributed by atoms with Crippen LogP contribution in [0.2, 0.25) is 0 Å². The van der Waals surface area contributed by atoms with Crippen LogP contribution in [0.5, 0.6) is 0 Å². The average molecular weight is 395 g/mol. The van der Waals surface area contributed by atoms with E-state index in [0.717, 1.165) is 19.3 Å². The Kier molecular flexibility index (Phi) is 22.9. The SMILES string of the molecule is CCCCCCCCCCCC/C=C/C=C/C(CCCCCCC)ONN=O. The number of nitrogens with one attached hydrogen (secondary N) is 1. The lowest BCUT2D eigenvalue weighted by molar-refractivity contribution is -0.00406. The first-order valence-corrected chi connectivity index (χ1v) is 11.9. The normalized spacial score (nSPS) is 12.8. The second-order valence-electron chi connectivity index (χ2n) is 7.83. The van der Waals surface area contributed by atoms with Crippen molar-refractivity contribution < 1.29 is 4.84 Å². The van der Waals surface area contributed by atoms with E-state index in [1.807, 2.05) is 12.2 Å². The van der Waals surface area contributed by atoms with Gasteiger partial charge in [-0.15, -0.1) is 10.5 Å². The summed E-state index contributed by atoms with van der Waals surface area (Å²) in [7, 11) is 0. The van der Waals surface area contributed by atoms with Gasteiger partial charge < -0.3 is 0 Å². The second-order valence-corrected chi connectivity index (χ2v) is 7.83. The highest BCUT2D eigenvalue weighted by atomic mass is 16.7. The quantitative estimate of drug-likeness (QED) is 0.0868. The standard InChI is InChI=1S/C24H46N2O2/c1-3-5-7-9-10-11-12-13-14-15-16-17-19-21-23-24(28-26-25-27)22-20-18-8-6-4-2/h17,19,21,23-24H,3-16,18,20,22H2,1-2H3,(H,26,27)/b19-17+,23-21+. The molecule has 0 bridgehead atoms. The lowest BCUT2D eigenvalue weighted by atomic mass is 10.1. The average Bonchev–Trinajstić information content (AvgIpc) is 2.71. The zero-order valence-corrected chi connectivity index (χ0v) is 18.7. The van der Waals surface area contributed by atoms with E-state index in [0.29, 0.717) is 0 Å². The Morgan fingerprint density at radius 3 is 1.86 bits per heavy atom. The Bertz CT molecular complexity index is 370. The summed E-state index contributed by atoms with van der Waals surface area (Å²) >= 11 is 0. The Hall–Kier alpha value is -1.16. The molecule has 0 aliphatic heterocycles. The fourth-order valence-corrected chi connectivity index (χ4v) is 3.35. The van der Waals surface area contributed by atoms with Crippen LogP contribution in [0.15, 0.2) is 29.6 Å². The molecule has 0 rings (SSSR count). The van der Waals surface area contributed by atoms with Crippen LogP contribution in [0.3, 0.4) is 0 Å². The van der Waals surface area contributed by atoms with Crippen molar-refractivity contribution in [3.63, 3.8) is 0 Å². The van der Waals surface area contributed by atoms with Crippen LogP contribution in [0.25, 0.3) is 0 Å². The summed E-state index contributed by atoms with van der Waals surface area (Å²) in [5.41, 5.74) is 2.09. The molecule has 0 radical (unpaired) electrons. The lowest BCUT2D eigenvalue weighted by Crippen LogP contribution is -2.17. The zero-order valence-electron chi connectivity index (χ0n) is 18.7. The van der Waals surface area contributed by atoms with E-state index in [9.17, 15) is 4.91 Å². The van der Waals surface area contributed by atoms with E-state index in [4.69, 9.17) is 4.84 Å². The van der Waals surface area contributed by atoms with E-state index in [1.165, 1.54) is 89.9 Å². The number of nitrogens with zero attached hydrogens (tertiary/aromatic N) is 1. The highest BCUT2D eigenvalue weighted by Gasteiger charge is 2.04. The van der Waals surface area contributed by atoms with Crippen molar-refractivity contribution >= 4 is 0 Å². The van der Waals surface area contributed by atoms with Crippen molar-refractivity contribution in [2.24, 2.45) is 5.29 Å². The summed E-state index contributed by atoms with van der Waals surface area (Å²) in [6, 6.07) is 0. The number of allylic oxidation sites excluding steroid dienone is 3. The second kappa shape index (κ2) is 23.9. The third-order valence-corrected chi connectivity index (χ3v) is 5.13. The van der Waals surface area contributed by atoms with Gasteiger partial charge in [0.05, 0.1) is 5.29 Å². The number of hydrogen-bond donors (Lipinski definition) is 1. The molecule has 0 fully saturated rings. The van der Waals surface area contributed by atoms with Crippen LogP contribution in [0, 0.1) is 4.91 Å². The Morgan fingerprint density at radius 1 is 0.750 bits per heavy atom. The zero-order chi connectivity index (χ0) is 20.5. The highest BCUT2D eigenvalue weighted by Crippen LogP contribution is 2.12. The number of hydrogen-bond acceptors (Lipinski definition) is 3. The van der Waals surface area contributed by atoms with Gasteiger partial charge in [-0.25, -0.2) is 4.84 Å². The molecule has 0 spiro atoms. The van der Waals surface area contributed by atoms with Crippen molar-refractivity contribution in [2.75, 3.05) is 0 Å². The van der Waals surface area contributed by atoms with Crippen LogP contribution in [-0.2, 0) is 4.84 Å². The van der Waals surface area contributed by atoms with Crippen LogP contribution >= 0.6 is 0 Å². The molecule has 0 amide bonds. The van der Waals surface area contributed by atoms with Gasteiger partial charge in [0.15, 0.2) is 0 Å². The predicted octanol–water partition coefficient (Wildman–Crippen LogP) is 8.34. The van der Waals surface area contributed by atoms with Crippen molar-refractivity contribution in [2.45, 2.75) is 129 Å². The van der Waals surface area contributed by atoms with E-state index in [-0.39, 0.29) is 6.10 Å². The molecule has 0 aliphatic rings. The summed E-state index contributed by atoms with van der Waals surface area (Å²) in [5, 5.41) is 2.58. The Labute approximate surface area is 174 Å². The molecule has 0 saturated heterocycles. The molecule has 28 heavy (non-hydrogen) atoms. The Balaban J connectivity index is 3.67. The fraction of sp³-hybridized carbons (Fsp3) is 0.833. The molecule has 1 unspecified atom stereocenters. The first-order chi connectivity index (χ1) is 13.8. The maximum atomic E-state index is 10.2. The molecule has 164 valence electrons. The van der Waals surface area contributed by atoms with Crippen molar-refractivity contribution in [3.8, 4) is 0 Å². The molecule has 1 N–H and O–H groups in total.